The number of carbonyl (C=O) groups excluding carboxylic acids is 2. The summed E-state index contributed by atoms with van der Waals surface area (Å²) in [6, 6.07) is 17.2. The number of para-hydroxylation sites is 1. The van der Waals surface area contributed by atoms with E-state index >= 15 is 0 Å². The molecule has 0 N–H and O–H groups in total. The Morgan fingerprint density at radius 3 is 2.26 bits per heavy atom. The van der Waals surface area contributed by atoms with E-state index < -0.39 is 11.9 Å². The fourth-order valence-electron chi connectivity index (χ4n) is 3.51. The molecule has 0 unspecified atom stereocenters. The van der Waals surface area contributed by atoms with Gasteiger partial charge in [-0.15, -0.1) is 0 Å². The highest BCUT2D eigenvalue weighted by atomic mass is 16.6. The molecule has 0 atom stereocenters. The molecule has 0 saturated heterocycles. The van der Waals surface area contributed by atoms with Crippen molar-refractivity contribution in [1.29, 1.82) is 0 Å². The van der Waals surface area contributed by atoms with Crippen LogP contribution in [0.15, 0.2) is 71.4 Å². The summed E-state index contributed by atoms with van der Waals surface area (Å²) in [6.45, 7) is 1.89. The van der Waals surface area contributed by atoms with Gasteiger partial charge in [0.15, 0.2) is 17.2 Å². The molecule has 0 fully saturated rings. The van der Waals surface area contributed by atoms with Gasteiger partial charge in [-0.25, -0.2) is 14.6 Å². The predicted molar refractivity (Wildman–Crippen MR) is 129 cm³/mol. The van der Waals surface area contributed by atoms with E-state index in [9.17, 15) is 9.59 Å². The van der Waals surface area contributed by atoms with Crippen molar-refractivity contribution in [3.63, 3.8) is 0 Å². The predicted octanol–water partition coefficient (Wildman–Crippen LogP) is 4.58. The minimum Gasteiger partial charge on any atom is -0.493 e. The average molecular weight is 473 g/mol. The van der Waals surface area contributed by atoms with Crippen LogP contribution in [0.3, 0.4) is 0 Å². The SMILES string of the molecule is COc1cc(C2=N/C(=C\c3ccccc3OC(=O)c3cccc(C)c3)C(=O)O2)cc(OC)c1OC. The number of aryl methyl sites for hydroxylation is 1. The number of cyclic esters (lactones) is 1. The van der Waals surface area contributed by atoms with Gasteiger partial charge in [0.1, 0.15) is 5.75 Å². The molecule has 8 heteroatoms. The standard InChI is InChI=1S/C27H23NO7/c1-16-8-7-10-18(12-16)26(29)34-21-11-6-5-9-17(21)13-20-27(30)35-25(28-20)19-14-22(31-2)24(33-4)23(15-19)32-3/h5-15H,1-4H3/b20-13-. The quantitative estimate of drug-likeness (QED) is 0.282. The zero-order chi connectivity index (χ0) is 24.9. The van der Waals surface area contributed by atoms with E-state index in [1.807, 2.05) is 13.0 Å². The first-order valence-electron chi connectivity index (χ1n) is 10.6. The van der Waals surface area contributed by atoms with Crippen LogP contribution in [-0.2, 0) is 9.53 Å². The van der Waals surface area contributed by atoms with Crippen molar-refractivity contribution in [2.24, 2.45) is 4.99 Å². The highest BCUT2D eigenvalue weighted by Gasteiger charge is 2.27. The Balaban J connectivity index is 1.66. The second-order valence-electron chi connectivity index (χ2n) is 7.55. The van der Waals surface area contributed by atoms with Gasteiger partial charge in [0, 0.05) is 11.1 Å². The number of rotatable bonds is 7. The maximum absolute atomic E-state index is 12.6. The van der Waals surface area contributed by atoms with Gasteiger partial charge in [0.25, 0.3) is 0 Å². The van der Waals surface area contributed by atoms with Crippen LogP contribution in [-0.4, -0.2) is 39.2 Å². The molecule has 35 heavy (non-hydrogen) atoms. The van der Waals surface area contributed by atoms with Crippen LogP contribution in [0.25, 0.3) is 6.08 Å². The third kappa shape index (κ3) is 5.01. The summed E-state index contributed by atoms with van der Waals surface area (Å²) in [6.07, 6.45) is 1.51. The summed E-state index contributed by atoms with van der Waals surface area (Å²) < 4.78 is 27.0. The maximum atomic E-state index is 12.6. The number of nitrogens with zero attached hydrogens (tertiary/aromatic N) is 1. The number of hydrogen-bond donors (Lipinski definition) is 0. The Kier molecular flexibility index (Phi) is 6.82. The molecule has 0 radical (unpaired) electrons. The molecule has 0 saturated carbocycles. The van der Waals surface area contributed by atoms with Crippen molar-refractivity contribution in [3.05, 3.63) is 88.6 Å². The molecule has 1 aliphatic heterocycles. The van der Waals surface area contributed by atoms with E-state index in [1.165, 1.54) is 27.4 Å². The van der Waals surface area contributed by atoms with E-state index in [4.69, 9.17) is 23.7 Å². The fraction of sp³-hybridized carbons (Fsp3) is 0.148. The van der Waals surface area contributed by atoms with E-state index in [0.717, 1.165) is 5.56 Å². The van der Waals surface area contributed by atoms with E-state index in [0.29, 0.717) is 33.9 Å². The topological polar surface area (TPSA) is 92.7 Å². The van der Waals surface area contributed by atoms with Crippen molar-refractivity contribution >= 4 is 23.9 Å². The Morgan fingerprint density at radius 2 is 1.60 bits per heavy atom. The van der Waals surface area contributed by atoms with Crippen LogP contribution in [0.4, 0.5) is 0 Å². The molecule has 3 aromatic rings. The van der Waals surface area contributed by atoms with Crippen LogP contribution in [0, 0.1) is 6.92 Å². The molecule has 0 amide bonds. The summed E-state index contributed by atoms with van der Waals surface area (Å²) in [5, 5.41) is 0. The first kappa shape index (κ1) is 23.6. The summed E-state index contributed by atoms with van der Waals surface area (Å²) >= 11 is 0. The van der Waals surface area contributed by atoms with Gasteiger partial charge in [0.2, 0.25) is 11.6 Å². The summed E-state index contributed by atoms with van der Waals surface area (Å²) in [5.74, 6) is 0.413. The molecule has 0 aliphatic carbocycles. The molecule has 0 aromatic heterocycles. The lowest BCUT2D eigenvalue weighted by molar-refractivity contribution is -0.129. The fourth-order valence-corrected chi connectivity index (χ4v) is 3.51. The van der Waals surface area contributed by atoms with Gasteiger partial charge in [0.05, 0.1) is 26.9 Å². The Hall–Kier alpha value is -4.59. The van der Waals surface area contributed by atoms with Crippen molar-refractivity contribution in [2.75, 3.05) is 21.3 Å². The second-order valence-corrected chi connectivity index (χ2v) is 7.55. The number of aliphatic imine (C=N–C) groups is 1. The zero-order valence-electron chi connectivity index (χ0n) is 19.7. The summed E-state index contributed by atoms with van der Waals surface area (Å²) in [4.78, 5) is 29.6. The third-order valence-electron chi connectivity index (χ3n) is 5.20. The van der Waals surface area contributed by atoms with Crippen molar-refractivity contribution in [2.45, 2.75) is 6.92 Å². The highest BCUT2D eigenvalue weighted by molar-refractivity contribution is 6.13. The number of benzene rings is 3. The van der Waals surface area contributed by atoms with Crippen LogP contribution in [0.2, 0.25) is 0 Å². The first-order chi connectivity index (χ1) is 16.9. The third-order valence-corrected chi connectivity index (χ3v) is 5.20. The van der Waals surface area contributed by atoms with Crippen LogP contribution < -0.4 is 18.9 Å². The lowest BCUT2D eigenvalue weighted by atomic mass is 10.1. The lowest BCUT2D eigenvalue weighted by Gasteiger charge is -2.13. The Bertz CT molecular complexity index is 1330. The maximum Gasteiger partial charge on any atom is 0.363 e. The van der Waals surface area contributed by atoms with Crippen molar-refractivity contribution < 1.29 is 33.3 Å². The smallest absolute Gasteiger partial charge is 0.363 e. The Morgan fingerprint density at radius 1 is 0.886 bits per heavy atom. The molecular weight excluding hydrogens is 450 g/mol. The van der Waals surface area contributed by atoms with Crippen LogP contribution in [0.1, 0.15) is 27.0 Å². The van der Waals surface area contributed by atoms with Crippen LogP contribution >= 0.6 is 0 Å². The van der Waals surface area contributed by atoms with Gasteiger partial charge in [-0.2, -0.15) is 0 Å². The van der Waals surface area contributed by atoms with E-state index in [1.54, 1.807) is 54.6 Å². The molecule has 1 aliphatic rings. The van der Waals surface area contributed by atoms with Crippen molar-refractivity contribution in [3.8, 4) is 23.0 Å². The van der Waals surface area contributed by atoms with E-state index in [2.05, 4.69) is 4.99 Å². The zero-order valence-corrected chi connectivity index (χ0v) is 19.7. The molecule has 3 aromatic carbocycles. The highest BCUT2D eigenvalue weighted by Crippen LogP contribution is 2.39. The molecule has 0 spiro atoms. The van der Waals surface area contributed by atoms with Gasteiger partial charge in [-0.1, -0.05) is 35.9 Å². The largest absolute Gasteiger partial charge is 0.493 e. The van der Waals surface area contributed by atoms with Crippen LogP contribution in [0.5, 0.6) is 23.0 Å². The molecule has 8 nitrogen and oxygen atoms in total. The minimum atomic E-state index is -0.645. The van der Waals surface area contributed by atoms with Gasteiger partial charge in [-0.05, 0) is 43.3 Å². The summed E-state index contributed by atoms with van der Waals surface area (Å²) in [7, 11) is 4.48. The normalized spacial score (nSPS) is 13.8. The van der Waals surface area contributed by atoms with Gasteiger partial charge < -0.3 is 23.7 Å². The first-order valence-corrected chi connectivity index (χ1v) is 10.6. The monoisotopic (exact) mass is 473 g/mol. The van der Waals surface area contributed by atoms with Gasteiger partial charge >= 0.3 is 11.9 Å². The molecule has 1 heterocycles. The lowest BCUT2D eigenvalue weighted by Crippen LogP contribution is -2.09. The number of carbonyl (C=O) groups is 2. The summed E-state index contributed by atoms with van der Waals surface area (Å²) in [5.41, 5.74) is 2.38. The minimum absolute atomic E-state index is 0.0489. The van der Waals surface area contributed by atoms with Crippen molar-refractivity contribution in [1.82, 2.24) is 0 Å². The molecule has 178 valence electrons. The molecular formula is C27H23NO7. The van der Waals surface area contributed by atoms with Gasteiger partial charge in [-0.3, -0.25) is 0 Å². The number of ether oxygens (including phenoxy) is 5. The van der Waals surface area contributed by atoms with E-state index in [-0.39, 0.29) is 17.3 Å². The average Bonchev–Trinajstić information content (AvgIpc) is 3.24. The number of hydrogen-bond acceptors (Lipinski definition) is 8. The number of methoxy groups -OCH3 is 3. The number of esters is 2. The molecule has 4 rings (SSSR count). The second kappa shape index (κ2) is 10.1. The Labute approximate surface area is 202 Å². The molecule has 0 bridgehead atoms.